The average Bonchev–Trinajstić information content (AvgIpc) is 3.45. The molecule has 47 heavy (non-hydrogen) atoms. The Morgan fingerprint density at radius 1 is 1.04 bits per heavy atom. The molecule has 0 saturated heterocycles. The fraction of sp³-hybridized carbons (Fsp3) is 0.257. The van der Waals surface area contributed by atoms with Crippen molar-refractivity contribution in [3.63, 3.8) is 0 Å². The summed E-state index contributed by atoms with van der Waals surface area (Å²) in [5.74, 6) is -1.00. The maximum atomic E-state index is 14.5. The van der Waals surface area contributed by atoms with Gasteiger partial charge in [-0.25, -0.2) is 13.8 Å². The van der Waals surface area contributed by atoms with Crippen molar-refractivity contribution in [1.29, 1.82) is 0 Å². The van der Waals surface area contributed by atoms with Crippen LogP contribution in [0.4, 0.5) is 8.78 Å². The molecule has 0 radical (unpaired) electrons. The van der Waals surface area contributed by atoms with Gasteiger partial charge in [-0.1, -0.05) is 57.4 Å². The molecular weight excluding hydrogens is 672 g/mol. The van der Waals surface area contributed by atoms with Crippen LogP contribution in [0.25, 0.3) is 10.4 Å². The van der Waals surface area contributed by atoms with Gasteiger partial charge in [0.1, 0.15) is 17.4 Å². The van der Waals surface area contributed by atoms with Crippen molar-refractivity contribution in [2.24, 2.45) is 10.1 Å². The Morgan fingerprint density at radius 2 is 1.77 bits per heavy atom. The molecule has 2 N–H and O–H groups in total. The lowest BCUT2D eigenvalue weighted by atomic mass is 9.80. The van der Waals surface area contributed by atoms with E-state index in [1.807, 2.05) is 48.5 Å². The van der Waals surface area contributed by atoms with Crippen molar-refractivity contribution in [1.82, 2.24) is 5.32 Å². The van der Waals surface area contributed by atoms with E-state index in [0.29, 0.717) is 41.0 Å². The van der Waals surface area contributed by atoms with Gasteiger partial charge in [-0.3, -0.25) is 4.79 Å². The van der Waals surface area contributed by atoms with Gasteiger partial charge in [-0.2, -0.15) is 0 Å². The first-order valence-electron chi connectivity index (χ1n) is 15.0. The van der Waals surface area contributed by atoms with E-state index in [4.69, 9.17) is 25.1 Å². The molecule has 5 rings (SSSR count). The van der Waals surface area contributed by atoms with Crippen LogP contribution < -0.4 is 10.1 Å². The van der Waals surface area contributed by atoms with E-state index < -0.39 is 29.2 Å². The molecular formula is C35H32BrF2N5O4. The van der Waals surface area contributed by atoms with Crippen molar-refractivity contribution in [3.05, 3.63) is 145 Å². The Labute approximate surface area is 279 Å². The van der Waals surface area contributed by atoms with Gasteiger partial charge in [-0.15, -0.1) is 0 Å². The summed E-state index contributed by atoms with van der Waals surface area (Å²) in [4.78, 5) is 22.4. The lowest BCUT2D eigenvalue weighted by molar-refractivity contribution is -0.128. The lowest BCUT2D eigenvalue weighted by Gasteiger charge is -2.32. The molecule has 0 saturated carbocycles. The highest BCUT2D eigenvalue weighted by atomic mass is 79.9. The van der Waals surface area contributed by atoms with Crippen molar-refractivity contribution < 1.29 is 28.2 Å². The topological polar surface area (TPSA) is 129 Å². The number of nitrogens with one attached hydrogen (secondary N) is 1. The Bertz CT molecular complexity index is 1760. The summed E-state index contributed by atoms with van der Waals surface area (Å²) >= 11 is 3.47. The van der Waals surface area contributed by atoms with E-state index in [2.05, 4.69) is 31.3 Å². The number of azide groups is 1. The number of aliphatic hydroxyl groups is 1. The second-order valence-corrected chi connectivity index (χ2v) is 11.9. The van der Waals surface area contributed by atoms with Crippen molar-refractivity contribution in [2.45, 2.75) is 37.5 Å². The molecule has 0 unspecified atom stereocenters. The van der Waals surface area contributed by atoms with Crippen LogP contribution in [0.3, 0.4) is 0 Å². The highest BCUT2D eigenvalue weighted by molar-refractivity contribution is 9.10. The van der Waals surface area contributed by atoms with Crippen LogP contribution >= 0.6 is 15.9 Å². The number of aliphatic hydroxyl groups excluding tert-OH is 1. The van der Waals surface area contributed by atoms with E-state index in [0.717, 1.165) is 16.1 Å². The van der Waals surface area contributed by atoms with Crippen LogP contribution in [0.15, 0.2) is 106 Å². The number of rotatable bonds is 14. The zero-order chi connectivity index (χ0) is 33.2. The first-order valence-corrected chi connectivity index (χ1v) is 15.8. The van der Waals surface area contributed by atoms with E-state index in [9.17, 15) is 13.6 Å². The number of carbonyl (C=O) groups excluding carboxylic acids is 1. The molecule has 0 aromatic heterocycles. The third-order valence-corrected chi connectivity index (χ3v) is 8.21. The number of aliphatic imine (C=N–C) groups is 1. The molecule has 1 amide bonds. The van der Waals surface area contributed by atoms with Crippen LogP contribution in [0.2, 0.25) is 0 Å². The van der Waals surface area contributed by atoms with Gasteiger partial charge in [-0.05, 0) is 82.7 Å². The monoisotopic (exact) mass is 703 g/mol. The third kappa shape index (κ3) is 8.34. The summed E-state index contributed by atoms with van der Waals surface area (Å²) in [5.41, 5.74) is 10.7. The average molecular weight is 705 g/mol. The number of benzene rings is 4. The number of hydrogen-bond acceptors (Lipinski definition) is 6. The van der Waals surface area contributed by atoms with Gasteiger partial charge in [0.15, 0.2) is 11.6 Å². The molecule has 1 aliphatic heterocycles. The van der Waals surface area contributed by atoms with Crippen LogP contribution in [0, 0.1) is 11.6 Å². The predicted molar refractivity (Wildman–Crippen MR) is 177 cm³/mol. The van der Waals surface area contributed by atoms with Crippen molar-refractivity contribution in [3.8, 4) is 5.75 Å². The van der Waals surface area contributed by atoms with Crippen molar-refractivity contribution in [2.75, 3.05) is 19.8 Å². The molecule has 9 nitrogen and oxygen atoms in total. The summed E-state index contributed by atoms with van der Waals surface area (Å²) in [6, 6.07) is 25.1. The molecule has 1 heterocycles. The summed E-state index contributed by atoms with van der Waals surface area (Å²) in [5, 5.41) is 15.8. The maximum Gasteiger partial charge on any atom is 0.252 e. The minimum absolute atomic E-state index is 0.0207. The van der Waals surface area contributed by atoms with Gasteiger partial charge in [0.2, 0.25) is 5.90 Å². The van der Waals surface area contributed by atoms with E-state index in [1.54, 1.807) is 24.3 Å². The molecule has 1 aliphatic rings. The molecule has 0 bridgehead atoms. The Kier molecular flexibility index (Phi) is 11.2. The van der Waals surface area contributed by atoms with Crippen molar-refractivity contribution >= 4 is 27.7 Å². The van der Waals surface area contributed by atoms with E-state index in [1.165, 1.54) is 12.1 Å². The quantitative estimate of drug-likeness (QED) is 0.0625. The number of halogens is 3. The van der Waals surface area contributed by atoms with Gasteiger partial charge in [0.05, 0.1) is 13.2 Å². The zero-order valence-corrected chi connectivity index (χ0v) is 26.9. The molecule has 0 fully saturated rings. The number of nitrogens with zero attached hydrogens (tertiary/aromatic N) is 4. The van der Waals surface area contributed by atoms with Gasteiger partial charge in [0, 0.05) is 47.0 Å². The summed E-state index contributed by atoms with van der Waals surface area (Å²) in [6.07, 6.45) is -0.107. The fourth-order valence-electron chi connectivity index (χ4n) is 5.44. The summed E-state index contributed by atoms with van der Waals surface area (Å²) in [6.45, 7) is 0.494. The highest BCUT2D eigenvalue weighted by Gasteiger charge is 2.53. The second-order valence-electron chi connectivity index (χ2n) is 11.0. The maximum absolute atomic E-state index is 14.5. The van der Waals surface area contributed by atoms with Crippen LogP contribution in [0.5, 0.6) is 5.75 Å². The smallest absolute Gasteiger partial charge is 0.252 e. The number of hydrogen-bond donors (Lipinski definition) is 2. The molecule has 242 valence electrons. The first kappa shape index (κ1) is 33.6. The molecule has 4 aromatic rings. The predicted octanol–water partition coefficient (Wildman–Crippen LogP) is 7.16. The largest absolute Gasteiger partial charge is 0.494 e. The Balaban J connectivity index is 1.56. The number of carbonyl (C=O) groups is 1. The molecule has 0 aliphatic carbocycles. The third-order valence-electron chi connectivity index (χ3n) is 7.68. The normalized spacial score (nSPS) is 16.9. The standard InChI is InChI=1S/C35H32BrF2N5O4/c36-27-10-6-23(7-11-27)21-35(34(45)40-15-14-24-18-28(37)20-29(38)19-24)32(31-5-2-1-4-26(31)22-41-43-39)47-33(42-35)25-8-12-30(13-9-25)46-17-3-16-44/h1-2,4-13,18-20,32,44H,3,14-17,21-22H2,(H,40,45)/t32-,35-/m1/s1. The SMILES string of the molecule is [N-]=[N+]=NCc1ccccc1[C@H]1OC(c2ccc(OCCCO)cc2)=N[C@@]1(Cc1ccc(Br)cc1)C(=O)NCCc1cc(F)cc(F)c1. The van der Waals surface area contributed by atoms with Gasteiger partial charge >= 0.3 is 0 Å². The van der Waals surface area contributed by atoms with E-state index in [-0.39, 0.29) is 38.4 Å². The second kappa shape index (κ2) is 15.7. The summed E-state index contributed by atoms with van der Waals surface area (Å²) < 4.78 is 40.8. The van der Waals surface area contributed by atoms with Gasteiger partial charge in [0.25, 0.3) is 5.91 Å². The minimum Gasteiger partial charge on any atom is -0.494 e. The molecule has 0 spiro atoms. The Morgan fingerprint density at radius 3 is 2.47 bits per heavy atom. The molecule has 4 aromatic carbocycles. The van der Waals surface area contributed by atoms with Crippen LogP contribution in [-0.4, -0.2) is 42.2 Å². The molecule has 2 atom stereocenters. The first-order chi connectivity index (χ1) is 22.8. The highest BCUT2D eigenvalue weighted by Crippen LogP contribution is 2.44. The zero-order valence-electron chi connectivity index (χ0n) is 25.3. The van der Waals surface area contributed by atoms with E-state index >= 15 is 0 Å². The number of ether oxygens (including phenoxy) is 2. The lowest BCUT2D eigenvalue weighted by Crippen LogP contribution is -2.50. The number of amides is 1. The van der Waals surface area contributed by atoms with Crippen LogP contribution in [-0.2, 0) is 28.9 Å². The fourth-order valence-corrected chi connectivity index (χ4v) is 5.71. The minimum atomic E-state index is -1.53. The summed E-state index contributed by atoms with van der Waals surface area (Å²) in [7, 11) is 0. The molecule has 12 heteroatoms. The Hall–Kier alpha value is -4.77. The van der Waals surface area contributed by atoms with Crippen LogP contribution in [0.1, 0.15) is 40.3 Å². The van der Waals surface area contributed by atoms with Gasteiger partial charge < -0.3 is 19.9 Å².